The van der Waals surface area contributed by atoms with E-state index in [1.54, 1.807) is 11.3 Å². The van der Waals surface area contributed by atoms with Crippen molar-refractivity contribution in [3.05, 3.63) is 51.6 Å². The van der Waals surface area contributed by atoms with Gasteiger partial charge in [0.2, 0.25) is 0 Å². The van der Waals surface area contributed by atoms with Crippen molar-refractivity contribution in [1.29, 1.82) is 0 Å². The Morgan fingerprint density at radius 2 is 2.33 bits per heavy atom. The molecule has 5 nitrogen and oxygen atoms in total. The summed E-state index contributed by atoms with van der Waals surface area (Å²) in [5.74, 6) is 1.62. The molecule has 124 valence electrons. The van der Waals surface area contributed by atoms with E-state index in [4.69, 9.17) is 0 Å². The van der Waals surface area contributed by atoms with Crippen LogP contribution in [0.3, 0.4) is 0 Å². The molecule has 1 N–H and O–H groups in total. The number of aromatic nitrogens is 3. The Hall–Kier alpha value is -2.21. The molecule has 4 rings (SSSR count). The molecule has 0 radical (unpaired) electrons. The van der Waals surface area contributed by atoms with Crippen molar-refractivity contribution >= 4 is 22.9 Å². The van der Waals surface area contributed by atoms with Crippen LogP contribution in [0.1, 0.15) is 39.3 Å². The number of thiophene rings is 1. The Labute approximate surface area is 144 Å². The van der Waals surface area contributed by atoms with E-state index >= 15 is 0 Å². The molecule has 0 bridgehead atoms. The summed E-state index contributed by atoms with van der Waals surface area (Å²) in [5, 5.41) is 11.3. The van der Waals surface area contributed by atoms with Crippen LogP contribution in [-0.4, -0.2) is 27.0 Å². The second-order valence-corrected chi connectivity index (χ2v) is 7.59. The van der Waals surface area contributed by atoms with Crippen LogP contribution in [0.15, 0.2) is 30.5 Å². The topological polar surface area (TPSA) is 59.3 Å². The molecule has 3 aromatic rings. The van der Waals surface area contributed by atoms with E-state index in [2.05, 4.69) is 28.5 Å². The van der Waals surface area contributed by atoms with Crippen molar-refractivity contribution in [2.75, 3.05) is 6.54 Å². The SMILES string of the molecule is C[C@@H]1CCc2sc(C(=O)NCCc3nnc4ccccn34)cc2C1. The minimum absolute atomic E-state index is 0.0240. The Balaban J connectivity index is 1.38. The van der Waals surface area contributed by atoms with Gasteiger partial charge < -0.3 is 5.32 Å². The molecule has 6 heteroatoms. The lowest BCUT2D eigenvalue weighted by molar-refractivity contribution is 0.0958. The smallest absolute Gasteiger partial charge is 0.261 e. The van der Waals surface area contributed by atoms with Crippen molar-refractivity contribution in [2.45, 2.75) is 32.6 Å². The molecule has 1 amide bonds. The summed E-state index contributed by atoms with van der Waals surface area (Å²) >= 11 is 1.65. The van der Waals surface area contributed by atoms with Gasteiger partial charge in [-0.3, -0.25) is 9.20 Å². The van der Waals surface area contributed by atoms with Gasteiger partial charge in [0.15, 0.2) is 5.65 Å². The summed E-state index contributed by atoms with van der Waals surface area (Å²) in [6.45, 7) is 2.84. The van der Waals surface area contributed by atoms with E-state index in [1.165, 1.54) is 16.9 Å². The van der Waals surface area contributed by atoms with E-state index in [-0.39, 0.29) is 5.91 Å². The first kappa shape index (κ1) is 15.3. The highest BCUT2D eigenvalue weighted by atomic mass is 32.1. The molecule has 0 aromatic carbocycles. The van der Waals surface area contributed by atoms with Crippen LogP contribution in [0, 0.1) is 5.92 Å². The summed E-state index contributed by atoms with van der Waals surface area (Å²) < 4.78 is 1.96. The zero-order chi connectivity index (χ0) is 16.5. The number of carbonyl (C=O) groups excluding carboxylic acids is 1. The molecule has 3 heterocycles. The molecule has 0 saturated heterocycles. The number of fused-ring (bicyclic) bond motifs is 2. The minimum Gasteiger partial charge on any atom is -0.351 e. The highest BCUT2D eigenvalue weighted by molar-refractivity contribution is 7.14. The minimum atomic E-state index is 0.0240. The molecule has 0 fully saturated rings. The summed E-state index contributed by atoms with van der Waals surface area (Å²) in [5.41, 5.74) is 2.20. The molecule has 1 aliphatic rings. The normalized spacial score (nSPS) is 17.0. The molecule has 3 aromatic heterocycles. The van der Waals surface area contributed by atoms with Gasteiger partial charge in [-0.05, 0) is 48.9 Å². The zero-order valence-corrected chi connectivity index (χ0v) is 14.5. The second-order valence-electron chi connectivity index (χ2n) is 6.46. The number of hydrogen-bond acceptors (Lipinski definition) is 4. The number of pyridine rings is 1. The van der Waals surface area contributed by atoms with E-state index < -0.39 is 0 Å². The molecule has 0 unspecified atom stereocenters. The van der Waals surface area contributed by atoms with Crippen LogP contribution in [-0.2, 0) is 19.3 Å². The third kappa shape index (κ3) is 2.94. The van der Waals surface area contributed by atoms with Gasteiger partial charge in [-0.25, -0.2) is 0 Å². The summed E-state index contributed by atoms with van der Waals surface area (Å²) in [6.07, 6.45) is 6.06. The van der Waals surface area contributed by atoms with Gasteiger partial charge in [0.05, 0.1) is 4.88 Å². The van der Waals surface area contributed by atoms with Gasteiger partial charge in [-0.2, -0.15) is 0 Å². The van der Waals surface area contributed by atoms with E-state index in [0.29, 0.717) is 13.0 Å². The summed E-state index contributed by atoms with van der Waals surface area (Å²) in [6, 6.07) is 7.90. The lowest BCUT2D eigenvalue weighted by Crippen LogP contribution is -2.25. The van der Waals surface area contributed by atoms with Gasteiger partial charge >= 0.3 is 0 Å². The van der Waals surface area contributed by atoms with Gasteiger partial charge in [-0.1, -0.05) is 13.0 Å². The van der Waals surface area contributed by atoms with Gasteiger partial charge in [0, 0.05) is 24.0 Å². The molecule has 0 spiro atoms. The van der Waals surface area contributed by atoms with E-state index in [1.807, 2.05) is 28.8 Å². The van der Waals surface area contributed by atoms with Crippen LogP contribution < -0.4 is 5.32 Å². The monoisotopic (exact) mass is 340 g/mol. The predicted octanol–water partition coefficient (Wildman–Crippen LogP) is 2.89. The second kappa shape index (κ2) is 6.36. The number of hydrogen-bond donors (Lipinski definition) is 1. The number of rotatable bonds is 4. The molecular weight excluding hydrogens is 320 g/mol. The number of aryl methyl sites for hydroxylation is 1. The Kier molecular flexibility index (Phi) is 4.06. The van der Waals surface area contributed by atoms with Crippen LogP contribution in [0.2, 0.25) is 0 Å². The maximum Gasteiger partial charge on any atom is 0.261 e. The first-order chi connectivity index (χ1) is 11.7. The van der Waals surface area contributed by atoms with Crippen LogP contribution in [0.4, 0.5) is 0 Å². The molecule has 1 aliphatic carbocycles. The van der Waals surface area contributed by atoms with Crippen LogP contribution >= 0.6 is 11.3 Å². The largest absolute Gasteiger partial charge is 0.351 e. The third-order valence-electron chi connectivity index (χ3n) is 4.57. The molecular formula is C18H20N4OS. The summed E-state index contributed by atoms with van der Waals surface area (Å²) in [4.78, 5) is 14.6. The first-order valence-electron chi connectivity index (χ1n) is 8.39. The quantitative estimate of drug-likeness (QED) is 0.794. The zero-order valence-electron chi connectivity index (χ0n) is 13.7. The fourth-order valence-corrected chi connectivity index (χ4v) is 4.38. The number of nitrogens with zero attached hydrogens (tertiary/aromatic N) is 3. The number of carbonyl (C=O) groups is 1. The summed E-state index contributed by atoms with van der Waals surface area (Å²) in [7, 11) is 0. The number of nitrogens with one attached hydrogen (secondary N) is 1. The van der Waals surface area contributed by atoms with E-state index in [9.17, 15) is 4.79 Å². The van der Waals surface area contributed by atoms with Crippen molar-refractivity contribution < 1.29 is 4.79 Å². The average molecular weight is 340 g/mol. The fourth-order valence-electron chi connectivity index (χ4n) is 3.25. The van der Waals surface area contributed by atoms with Crippen molar-refractivity contribution in [3.63, 3.8) is 0 Å². The maximum atomic E-state index is 12.4. The van der Waals surface area contributed by atoms with Gasteiger partial charge in [0.1, 0.15) is 5.82 Å². The molecule has 0 saturated carbocycles. The molecule has 24 heavy (non-hydrogen) atoms. The fraction of sp³-hybridized carbons (Fsp3) is 0.389. The third-order valence-corrected chi connectivity index (χ3v) is 5.81. The van der Waals surface area contributed by atoms with Gasteiger partial charge in [0.25, 0.3) is 5.91 Å². The highest BCUT2D eigenvalue weighted by Crippen LogP contribution is 2.32. The first-order valence-corrected chi connectivity index (χ1v) is 9.21. The molecule has 0 aliphatic heterocycles. The predicted molar refractivity (Wildman–Crippen MR) is 94.5 cm³/mol. The lowest BCUT2D eigenvalue weighted by Gasteiger charge is -2.16. The standard InChI is InChI=1S/C18H20N4OS/c1-12-5-6-14-13(10-12)11-15(24-14)18(23)19-8-7-17-21-20-16-4-2-3-9-22(16)17/h2-4,9,11-12H,5-8,10H2,1H3,(H,19,23)/t12-/m1/s1. The number of amides is 1. The van der Waals surface area contributed by atoms with Crippen LogP contribution in [0.25, 0.3) is 5.65 Å². The molecule has 1 atom stereocenters. The lowest BCUT2D eigenvalue weighted by atomic mass is 9.90. The van der Waals surface area contributed by atoms with Crippen molar-refractivity contribution in [3.8, 4) is 0 Å². The Morgan fingerprint density at radius 3 is 3.25 bits per heavy atom. The van der Waals surface area contributed by atoms with Crippen molar-refractivity contribution in [1.82, 2.24) is 19.9 Å². The highest BCUT2D eigenvalue weighted by Gasteiger charge is 2.20. The van der Waals surface area contributed by atoms with E-state index in [0.717, 1.165) is 35.1 Å². The Morgan fingerprint density at radius 1 is 1.42 bits per heavy atom. The van der Waals surface area contributed by atoms with Crippen molar-refractivity contribution in [2.24, 2.45) is 5.92 Å². The average Bonchev–Trinajstić information content (AvgIpc) is 3.18. The maximum absolute atomic E-state index is 12.4. The Bertz CT molecular complexity index is 882. The van der Waals surface area contributed by atoms with Gasteiger partial charge in [-0.15, -0.1) is 21.5 Å². The van der Waals surface area contributed by atoms with Crippen LogP contribution in [0.5, 0.6) is 0 Å².